The Bertz CT molecular complexity index is 824. The highest BCUT2D eigenvalue weighted by Gasteiger charge is 2.29. The van der Waals surface area contributed by atoms with E-state index in [-0.39, 0.29) is 24.4 Å². The average Bonchev–Trinajstić information content (AvgIpc) is 3.12. The molecule has 4 rings (SSSR count). The number of aromatic amines is 1. The number of carbonyl (C=O) groups excluding carboxylic acids is 1. The lowest BCUT2D eigenvalue weighted by molar-refractivity contribution is -0.128. The number of hydrogen-bond acceptors (Lipinski definition) is 6. The van der Waals surface area contributed by atoms with Gasteiger partial charge in [-0.15, -0.1) is 24.2 Å². The normalized spacial score (nSPS) is 23.5. The zero-order chi connectivity index (χ0) is 17.4. The zero-order valence-electron chi connectivity index (χ0n) is 14.6. The Morgan fingerprint density at radius 2 is 2.23 bits per heavy atom. The maximum atomic E-state index is 12.9. The van der Waals surface area contributed by atoms with Crippen molar-refractivity contribution in [1.29, 1.82) is 0 Å². The number of aromatic nitrogens is 3. The van der Waals surface area contributed by atoms with E-state index in [0.29, 0.717) is 12.5 Å². The average molecular weight is 395 g/mol. The summed E-state index contributed by atoms with van der Waals surface area (Å²) in [5.74, 6) is 2.23. The Balaban J connectivity index is 0.00000196. The van der Waals surface area contributed by atoms with Gasteiger partial charge >= 0.3 is 0 Å². The molecule has 0 radical (unpaired) electrons. The predicted octanol–water partition coefficient (Wildman–Crippen LogP) is 1.97. The van der Waals surface area contributed by atoms with Crippen LogP contribution < -0.4 is 10.6 Å². The molecule has 2 aromatic rings. The van der Waals surface area contributed by atoms with Gasteiger partial charge in [0.15, 0.2) is 0 Å². The summed E-state index contributed by atoms with van der Waals surface area (Å²) in [4.78, 5) is 29.4. The highest BCUT2D eigenvalue weighted by molar-refractivity contribution is 8.04. The Morgan fingerprint density at radius 3 is 3.04 bits per heavy atom. The summed E-state index contributed by atoms with van der Waals surface area (Å²) in [7, 11) is 0. The van der Waals surface area contributed by atoms with Crippen LogP contribution in [0.4, 0.5) is 5.82 Å². The molecule has 1 saturated heterocycles. The fraction of sp³-hybridized carbons (Fsp3) is 0.471. The number of carbonyl (C=O) groups is 1. The van der Waals surface area contributed by atoms with Crippen molar-refractivity contribution < 1.29 is 4.79 Å². The van der Waals surface area contributed by atoms with E-state index in [1.807, 2.05) is 28.3 Å². The molecule has 0 bridgehead atoms. The zero-order valence-corrected chi connectivity index (χ0v) is 16.2. The number of hydrogen-bond donors (Lipinski definition) is 2. The van der Waals surface area contributed by atoms with E-state index in [1.54, 1.807) is 18.1 Å². The van der Waals surface area contributed by atoms with Crippen molar-refractivity contribution in [3.8, 4) is 0 Å². The van der Waals surface area contributed by atoms with Crippen LogP contribution in [0.1, 0.15) is 13.3 Å². The van der Waals surface area contributed by atoms with Crippen molar-refractivity contribution in [2.75, 3.05) is 30.3 Å². The quantitative estimate of drug-likeness (QED) is 0.809. The van der Waals surface area contributed by atoms with E-state index >= 15 is 0 Å². The second-order valence-corrected chi connectivity index (χ2v) is 7.79. The van der Waals surface area contributed by atoms with Gasteiger partial charge < -0.3 is 20.5 Å². The SMILES string of the molecule is C[C@@H]1CCN(C(=O)C2=CN(c3ncnc4[nH]ccc34)CCS2)C[C@@H]1N.Cl. The van der Waals surface area contributed by atoms with Gasteiger partial charge in [0.2, 0.25) is 0 Å². The summed E-state index contributed by atoms with van der Waals surface area (Å²) in [6, 6.07) is 2.02. The summed E-state index contributed by atoms with van der Waals surface area (Å²) >= 11 is 1.61. The standard InChI is InChI=1S/C17H22N6OS.ClH/c1-11-3-5-23(8-13(11)18)17(24)14-9-22(6-7-25-14)16-12-2-4-19-15(12)20-10-21-16;/h2,4,9-11,13H,3,5-8,18H2,1H3,(H,19,20,21);1H/t11-,13+;/m1./s1. The molecule has 2 aliphatic rings. The van der Waals surface area contributed by atoms with Gasteiger partial charge in [-0.25, -0.2) is 9.97 Å². The largest absolute Gasteiger partial charge is 0.346 e. The van der Waals surface area contributed by atoms with Gasteiger partial charge in [-0.1, -0.05) is 6.92 Å². The van der Waals surface area contributed by atoms with Crippen molar-refractivity contribution in [2.45, 2.75) is 19.4 Å². The second kappa shape index (κ2) is 7.85. The first-order valence-electron chi connectivity index (χ1n) is 8.57. The lowest BCUT2D eigenvalue weighted by Gasteiger charge is -2.36. The van der Waals surface area contributed by atoms with E-state index < -0.39 is 0 Å². The summed E-state index contributed by atoms with van der Waals surface area (Å²) < 4.78 is 0. The van der Waals surface area contributed by atoms with E-state index in [0.717, 1.165) is 47.0 Å². The first-order valence-corrected chi connectivity index (χ1v) is 9.56. The Hall–Kier alpha value is -1.77. The van der Waals surface area contributed by atoms with Crippen molar-refractivity contribution in [3.63, 3.8) is 0 Å². The molecule has 26 heavy (non-hydrogen) atoms. The molecule has 4 heterocycles. The molecule has 0 aliphatic carbocycles. The minimum Gasteiger partial charge on any atom is -0.346 e. The summed E-state index contributed by atoms with van der Waals surface area (Å²) in [5.41, 5.74) is 6.96. The minimum absolute atomic E-state index is 0. The predicted molar refractivity (Wildman–Crippen MR) is 107 cm³/mol. The number of rotatable bonds is 2. The van der Waals surface area contributed by atoms with E-state index in [2.05, 4.69) is 21.9 Å². The molecule has 0 unspecified atom stereocenters. The molecule has 2 aromatic heterocycles. The third-order valence-corrected chi connectivity index (χ3v) is 5.96. The van der Waals surface area contributed by atoms with Crippen LogP contribution in [0.3, 0.4) is 0 Å². The van der Waals surface area contributed by atoms with Crippen LogP contribution >= 0.6 is 24.2 Å². The number of fused-ring (bicyclic) bond motifs is 1. The van der Waals surface area contributed by atoms with Gasteiger partial charge in [0.05, 0.1) is 10.3 Å². The molecular weight excluding hydrogens is 372 g/mol. The molecule has 140 valence electrons. The summed E-state index contributed by atoms with van der Waals surface area (Å²) in [5, 5.41) is 0.964. The molecule has 2 aliphatic heterocycles. The van der Waals surface area contributed by atoms with E-state index in [4.69, 9.17) is 5.73 Å². The number of thioether (sulfide) groups is 1. The molecule has 3 N–H and O–H groups in total. The van der Waals surface area contributed by atoms with Crippen LogP contribution in [-0.2, 0) is 4.79 Å². The van der Waals surface area contributed by atoms with Crippen LogP contribution in [-0.4, -0.2) is 57.2 Å². The van der Waals surface area contributed by atoms with Crippen molar-refractivity contribution in [3.05, 3.63) is 29.7 Å². The maximum Gasteiger partial charge on any atom is 0.261 e. The minimum atomic E-state index is 0. The Labute approximate surface area is 162 Å². The molecule has 1 amide bonds. The molecular formula is C17H23ClN6OS. The number of H-pyrrole nitrogens is 1. The van der Waals surface area contributed by atoms with Gasteiger partial charge in [-0.3, -0.25) is 4.79 Å². The number of nitrogens with two attached hydrogens (primary N) is 1. The van der Waals surface area contributed by atoms with E-state index in [1.165, 1.54) is 0 Å². The first-order chi connectivity index (χ1) is 12.1. The van der Waals surface area contributed by atoms with Crippen LogP contribution in [0.2, 0.25) is 0 Å². The Morgan fingerprint density at radius 1 is 1.38 bits per heavy atom. The topological polar surface area (TPSA) is 91.1 Å². The monoisotopic (exact) mass is 394 g/mol. The Kier molecular flexibility index (Phi) is 5.74. The third-order valence-electron chi connectivity index (χ3n) is 4.98. The second-order valence-electron chi connectivity index (χ2n) is 6.65. The number of anilines is 1. The van der Waals surface area contributed by atoms with Crippen LogP contribution in [0.5, 0.6) is 0 Å². The third kappa shape index (κ3) is 3.54. The summed E-state index contributed by atoms with van der Waals surface area (Å²) in [6.07, 6.45) is 6.29. The van der Waals surface area contributed by atoms with Gasteiger partial charge in [0, 0.05) is 43.8 Å². The number of piperidine rings is 1. The maximum absolute atomic E-state index is 12.9. The number of amides is 1. The molecule has 7 nitrogen and oxygen atoms in total. The van der Waals surface area contributed by atoms with Crippen LogP contribution in [0.25, 0.3) is 11.0 Å². The fourth-order valence-electron chi connectivity index (χ4n) is 3.31. The molecule has 1 fully saturated rings. The van der Waals surface area contributed by atoms with Crippen LogP contribution in [0, 0.1) is 5.92 Å². The highest BCUT2D eigenvalue weighted by atomic mass is 35.5. The number of nitrogens with one attached hydrogen (secondary N) is 1. The highest BCUT2D eigenvalue weighted by Crippen LogP contribution is 2.30. The lowest BCUT2D eigenvalue weighted by atomic mass is 9.94. The molecule has 0 spiro atoms. The van der Waals surface area contributed by atoms with E-state index in [9.17, 15) is 4.79 Å². The first kappa shape index (κ1) is 19.0. The molecule has 0 aromatic carbocycles. The van der Waals surface area contributed by atoms with Gasteiger partial charge in [-0.2, -0.15) is 0 Å². The van der Waals surface area contributed by atoms with Crippen LogP contribution in [0.15, 0.2) is 29.7 Å². The van der Waals surface area contributed by atoms with Crippen molar-refractivity contribution >= 4 is 46.9 Å². The molecule has 2 atom stereocenters. The fourth-order valence-corrected chi connectivity index (χ4v) is 4.27. The van der Waals surface area contributed by atoms with Gasteiger partial charge in [0.1, 0.15) is 17.8 Å². The number of halogens is 1. The summed E-state index contributed by atoms with van der Waals surface area (Å²) in [6.45, 7) is 4.38. The number of likely N-dealkylation sites (tertiary alicyclic amines) is 1. The van der Waals surface area contributed by atoms with Crippen molar-refractivity contribution in [2.24, 2.45) is 11.7 Å². The van der Waals surface area contributed by atoms with Gasteiger partial charge in [0.25, 0.3) is 5.91 Å². The molecule has 0 saturated carbocycles. The smallest absolute Gasteiger partial charge is 0.261 e. The van der Waals surface area contributed by atoms with Gasteiger partial charge in [-0.05, 0) is 18.4 Å². The van der Waals surface area contributed by atoms with Crippen molar-refractivity contribution in [1.82, 2.24) is 19.9 Å². The molecule has 9 heteroatoms. The number of nitrogens with zero attached hydrogens (tertiary/aromatic N) is 4. The lowest BCUT2D eigenvalue weighted by Crippen LogP contribution is -2.50.